The molecule has 0 bridgehead atoms. The van der Waals surface area contributed by atoms with Crippen molar-refractivity contribution in [1.82, 2.24) is 30.0 Å². The van der Waals surface area contributed by atoms with Crippen LogP contribution in [-0.2, 0) is 6.54 Å². The number of thiazole rings is 1. The van der Waals surface area contributed by atoms with Gasteiger partial charge in [0.05, 0.1) is 11.7 Å². The lowest BCUT2D eigenvalue weighted by Gasteiger charge is -2.35. The van der Waals surface area contributed by atoms with Crippen molar-refractivity contribution in [2.45, 2.75) is 45.7 Å². The lowest BCUT2D eigenvalue weighted by atomic mass is 9.98. The van der Waals surface area contributed by atoms with Crippen molar-refractivity contribution in [3.63, 3.8) is 0 Å². The Morgan fingerprint density at radius 3 is 3.00 bits per heavy atom. The zero-order valence-corrected chi connectivity index (χ0v) is 15.9. The maximum absolute atomic E-state index is 4.75. The third kappa shape index (κ3) is 3.91. The summed E-state index contributed by atoms with van der Waals surface area (Å²) in [7, 11) is 0. The van der Waals surface area contributed by atoms with Crippen LogP contribution in [0.1, 0.15) is 47.4 Å². The van der Waals surface area contributed by atoms with Gasteiger partial charge in [-0.25, -0.2) is 15.0 Å². The van der Waals surface area contributed by atoms with Crippen LogP contribution in [0.3, 0.4) is 0 Å². The Balaban J connectivity index is 1.58. The average molecular weight is 369 g/mol. The highest BCUT2D eigenvalue weighted by Crippen LogP contribution is 2.32. The average Bonchev–Trinajstić information content (AvgIpc) is 3.27. The number of nitrogens with one attached hydrogen (secondary N) is 2. The van der Waals surface area contributed by atoms with Crippen LogP contribution in [0.5, 0.6) is 0 Å². The number of rotatable bonds is 5. The summed E-state index contributed by atoms with van der Waals surface area (Å²) in [5.41, 5.74) is 2.21. The fourth-order valence-electron chi connectivity index (χ4n) is 3.45. The maximum Gasteiger partial charge on any atom is 0.188 e. The topological polar surface area (TPSA) is 82.6 Å². The van der Waals surface area contributed by atoms with E-state index in [0.29, 0.717) is 6.04 Å². The molecule has 136 valence electrons. The molecule has 0 aliphatic carbocycles. The van der Waals surface area contributed by atoms with E-state index in [-0.39, 0.29) is 0 Å². The van der Waals surface area contributed by atoms with Gasteiger partial charge in [-0.3, -0.25) is 10.00 Å². The zero-order chi connectivity index (χ0) is 17.9. The number of nitrogens with zero attached hydrogens (tertiary/aromatic N) is 5. The molecule has 4 heterocycles. The quantitative estimate of drug-likeness (QED) is 0.713. The SMILES string of the molecule is Cc1nc(Nc2ncc(C)s2)cc(C2CCCCN2Cc2ccn[nH]2)n1. The zero-order valence-electron chi connectivity index (χ0n) is 15.1. The van der Waals surface area contributed by atoms with Crippen LogP contribution < -0.4 is 5.32 Å². The van der Waals surface area contributed by atoms with Crippen molar-refractivity contribution in [2.75, 3.05) is 11.9 Å². The van der Waals surface area contributed by atoms with Crippen LogP contribution >= 0.6 is 11.3 Å². The van der Waals surface area contributed by atoms with Crippen molar-refractivity contribution in [1.29, 1.82) is 0 Å². The first kappa shape index (κ1) is 17.1. The fraction of sp³-hybridized carbons (Fsp3) is 0.444. The van der Waals surface area contributed by atoms with E-state index in [2.05, 4.69) is 43.4 Å². The van der Waals surface area contributed by atoms with Crippen molar-refractivity contribution in [3.8, 4) is 0 Å². The predicted molar refractivity (Wildman–Crippen MR) is 102 cm³/mol. The molecule has 7 nitrogen and oxygen atoms in total. The molecular formula is C18H23N7S. The van der Waals surface area contributed by atoms with E-state index >= 15 is 0 Å². The van der Waals surface area contributed by atoms with Crippen molar-refractivity contribution >= 4 is 22.3 Å². The van der Waals surface area contributed by atoms with E-state index in [9.17, 15) is 0 Å². The lowest BCUT2D eigenvalue weighted by molar-refractivity contribution is 0.135. The Kier molecular flexibility index (Phi) is 4.94. The second-order valence-corrected chi connectivity index (χ2v) is 7.93. The first-order valence-corrected chi connectivity index (χ1v) is 9.76. The van der Waals surface area contributed by atoms with Gasteiger partial charge in [-0.1, -0.05) is 6.42 Å². The van der Waals surface area contributed by atoms with Gasteiger partial charge in [0, 0.05) is 35.6 Å². The largest absolute Gasteiger partial charge is 0.316 e. The van der Waals surface area contributed by atoms with Crippen molar-refractivity contribution in [2.24, 2.45) is 0 Å². The summed E-state index contributed by atoms with van der Waals surface area (Å²) in [6.07, 6.45) is 7.23. The molecule has 0 amide bonds. The number of H-pyrrole nitrogens is 1. The van der Waals surface area contributed by atoms with Crippen LogP contribution in [-0.4, -0.2) is 36.6 Å². The van der Waals surface area contributed by atoms with Crippen LogP contribution in [0.4, 0.5) is 10.9 Å². The molecular weight excluding hydrogens is 346 g/mol. The summed E-state index contributed by atoms with van der Waals surface area (Å²) in [5, 5.41) is 11.3. The number of aryl methyl sites for hydroxylation is 2. The fourth-order valence-corrected chi connectivity index (χ4v) is 4.13. The molecule has 2 N–H and O–H groups in total. The van der Waals surface area contributed by atoms with Crippen LogP contribution in [0.2, 0.25) is 0 Å². The molecule has 0 saturated carbocycles. The van der Waals surface area contributed by atoms with Gasteiger partial charge in [0.25, 0.3) is 0 Å². The number of likely N-dealkylation sites (tertiary alicyclic amines) is 1. The maximum atomic E-state index is 4.75. The van der Waals surface area contributed by atoms with E-state index in [1.54, 1.807) is 17.5 Å². The van der Waals surface area contributed by atoms with Crippen LogP contribution in [0.25, 0.3) is 0 Å². The molecule has 3 aromatic rings. The van der Waals surface area contributed by atoms with Crippen LogP contribution in [0, 0.1) is 13.8 Å². The minimum atomic E-state index is 0.298. The molecule has 1 fully saturated rings. The Bertz CT molecular complexity index is 858. The Labute approximate surface area is 156 Å². The third-order valence-electron chi connectivity index (χ3n) is 4.60. The highest BCUT2D eigenvalue weighted by Gasteiger charge is 2.26. The van der Waals surface area contributed by atoms with E-state index in [0.717, 1.165) is 47.7 Å². The Morgan fingerprint density at radius 2 is 2.23 bits per heavy atom. The third-order valence-corrected chi connectivity index (χ3v) is 5.43. The molecule has 8 heteroatoms. The van der Waals surface area contributed by atoms with Gasteiger partial charge >= 0.3 is 0 Å². The second-order valence-electron chi connectivity index (χ2n) is 6.69. The minimum Gasteiger partial charge on any atom is -0.316 e. The summed E-state index contributed by atoms with van der Waals surface area (Å²) < 4.78 is 0. The number of hydrogen-bond acceptors (Lipinski definition) is 7. The number of aromatic nitrogens is 5. The molecule has 0 spiro atoms. The standard InChI is InChI=1S/C18H23N7S/c1-12-10-19-18(26-12)23-17-9-15(21-13(2)22-17)16-5-3-4-8-25(16)11-14-6-7-20-24-14/h6-7,9-10,16H,3-5,8,11H2,1-2H3,(H,20,24)(H,19,21,22,23). The number of piperidine rings is 1. The summed E-state index contributed by atoms with van der Waals surface area (Å²) >= 11 is 1.63. The molecule has 4 rings (SSSR count). The monoisotopic (exact) mass is 369 g/mol. The molecule has 1 aliphatic heterocycles. The lowest BCUT2D eigenvalue weighted by Crippen LogP contribution is -2.33. The first-order chi connectivity index (χ1) is 12.7. The molecule has 1 saturated heterocycles. The summed E-state index contributed by atoms with van der Waals surface area (Å²) in [4.78, 5) is 17.3. The van der Waals surface area contributed by atoms with Crippen molar-refractivity contribution in [3.05, 3.63) is 46.6 Å². The molecule has 3 aromatic heterocycles. The predicted octanol–water partition coefficient (Wildman–Crippen LogP) is 3.74. The number of hydrogen-bond donors (Lipinski definition) is 2. The first-order valence-electron chi connectivity index (χ1n) is 8.95. The van der Waals surface area contributed by atoms with Gasteiger partial charge in [-0.2, -0.15) is 5.10 Å². The van der Waals surface area contributed by atoms with Gasteiger partial charge in [-0.05, 0) is 39.3 Å². The second kappa shape index (κ2) is 7.51. The molecule has 1 unspecified atom stereocenters. The van der Waals surface area contributed by atoms with E-state index in [1.165, 1.54) is 17.7 Å². The van der Waals surface area contributed by atoms with Gasteiger partial charge < -0.3 is 5.32 Å². The summed E-state index contributed by atoms with van der Waals surface area (Å²) in [6, 6.07) is 4.40. The number of anilines is 2. The van der Waals surface area contributed by atoms with Crippen molar-refractivity contribution < 1.29 is 0 Å². The van der Waals surface area contributed by atoms with Gasteiger partial charge in [0.1, 0.15) is 11.6 Å². The Morgan fingerprint density at radius 1 is 1.31 bits per heavy atom. The normalized spacial score (nSPS) is 18.2. The minimum absolute atomic E-state index is 0.298. The molecule has 1 aliphatic rings. The molecule has 1 atom stereocenters. The van der Waals surface area contributed by atoms with Gasteiger partial charge in [0.15, 0.2) is 5.13 Å². The summed E-state index contributed by atoms with van der Waals surface area (Å²) in [5.74, 6) is 1.60. The number of aromatic amines is 1. The highest BCUT2D eigenvalue weighted by atomic mass is 32.1. The van der Waals surface area contributed by atoms with Gasteiger partial charge in [-0.15, -0.1) is 11.3 Å². The van der Waals surface area contributed by atoms with Crippen LogP contribution in [0.15, 0.2) is 24.5 Å². The highest BCUT2D eigenvalue weighted by molar-refractivity contribution is 7.15. The summed E-state index contributed by atoms with van der Waals surface area (Å²) in [6.45, 7) is 5.93. The van der Waals surface area contributed by atoms with E-state index in [4.69, 9.17) is 4.98 Å². The van der Waals surface area contributed by atoms with Gasteiger partial charge in [0.2, 0.25) is 0 Å². The smallest absolute Gasteiger partial charge is 0.188 e. The molecule has 0 radical (unpaired) electrons. The van der Waals surface area contributed by atoms with E-state index in [1.807, 2.05) is 19.2 Å². The van der Waals surface area contributed by atoms with E-state index < -0.39 is 0 Å². The Hall–Kier alpha value is -2.32. The molecule has 26 heavy (non-hydrogen) atoms. The molecule has 0 aromatic carbocycles.